The first kappa shape index (κ1) is 76.0. The summed E-state index contributed by atoms with van der Waals surface area (Å²) >= 11 is 0. The summed E-state index contributed by atoms with van der Waals surface area (Å²) in [7, 11) is 0. The van der Waals surface area contributed by atoms with Crippen LogP contribution in [0.25, 0.3) is 0 Å². The van der Waals surface area contributed by atoms with Crippen LogP contribution in [0.2, 0.25) is 0 Å². The van der Waals surface area contributed by atoms with Gasteiger partial charge in [-0.15, -0.1) is 0 Å². The summed E-state index contributed by atoms with van der Waals surface area (Å²) in [5, 5.41) is 87.3. The van der Waals surface area contributed by atoms with Gasteiger partial charge in [-0.1, -0.05) is 262 Å². The molecule has 12 unspecified atom stereocenters. The second-order valence-electron chi connectivity index (χ2n) is 23.9. The molecule has 2 aliphatic rings. The van der Waals surface area contributed by atoms with E-state index in [9.17, 15) is 45.6 Å². The maximum absolute atomic E-state index is 13.3. The fourth-order valence-electron chi connectivity index (χ4n) is 11.0. The molecule has 2 aliphatic heterocycles. The highest BCUT2D eigenvalue weighted by molar-refractivity contribution is 5.76. The minimum Gasteiger partial charge on any atom is -0.394 e. The maximum atomic E-state index is 13.3. The number of amides is 1. The van der Waals surface area contributed by atoms with Crippen molar-refractivity contribution in [3.63, 3.8) is 0 Å². The van der Waals surface area contributed by atoms with Gasteiger partial charge in [-0.2, -0.15) is 0 Å². The molecule has 0 aliphatic carbocycles. The monoisotopic (exact) mass is 1160 g/mol. The van der Waals surface area contributed by atoms with Crippen molar-refractivity contribution in [2.24, 2.45) is 0 Å². The Labute approximate surface area is 499 Å². The number of aliphatic hydroxyl groups excluding tert-OH is 8. The highest BCUT2D eigenvalue weighted by atomic mass is 16.7. The average Bonchev–Trinajstić information content (AvgIpc) is 3.53. The summed E-state index contributed by atoms with van der Waals surface area (Å²) in [6.07, 6.45) is 51.7. The lowest BCUT2D eigenvalue weighted by molar-refractivity contribution is -0.359. The fraction of sp³-hybridized carbons (Fsp3) is 0.868. The van der Waals surface area contributed by atoms with Crippen molar-refractivity contribution in [3.8, 4) is 0 Å². The van der Waals surface area contributed by atoms with Crippen molar-refractivity contribution in [2.75, 3.05) is 19.8 Å². The Morgan fingerprint density at radius 3 is 1.28 bits per heavy atom. The van der Waals surface area contributed by atoms with Gasteiger partial charge < -0.3 is 65.1 Å². The first-order chi connectivity index (χ1) is 40.1. The van der Waals surface area contributed by atoms with Gasteiger partial charge in [0.25, 0.3) is 0 Å². The Balaban J connectivity index is 1.70. The molecule has 2 heterocycles. The number of hydrogen-bond acceptors (Lipinski definition) is 13. The lowest BCUT2D eigenvalue weighted by atomic mass is 9.97. The zero-order valence-electron chi connectivity index (χ0n) is 52.0. The van der Waals surface area contributed by atoms with Crippen molar-refractivity contribution in [3.05, 3.63) is 48.6 Å². The minimum absolute atomic E-state index is 0.255. The van der Waals surface area contributed by atoms with Gasteiger partial charge in [0.15, 0.2) is 12.6 Å². The van der Waals surface area contributed by atoms with Gasteiger partial charge in [-0.3, -0.25) is 4.79 Å². The van der Waals surface area contributed by atoms with Gasteiger partial charge >= 0.3 is 0 Å². The number of carbonyl (C=O) groups excluding carboxylic acids is 1. The number of allylic oxidation sites excluding steroid dienone is 7. The zero-order chi connectivity index (χ0) is 59.5. The number of aliphatic hydroxyl groups is 8. The number of ether oxygens (including phenoxy) is 4. The molecule has 0 aromatic carbocycles. The Morgan fingerprint density at radius 1 is 0.439 bits per heavy atom. The lowest BCUT2D eigenvalue weighted by Gasteiger charge is -2.46. The number of rotatable bonds is 55. The van der Waals surface area contributed by atoms with Crippen molar-refractivity contribution in [2.45, 2.75) is 357 Å². The first-order valence-electron chi connectivity index (χ1n) is 33.9. The normalized spacial score (nSPS) is 24.2. The zero-order valence-corrected chi connectivity index (χ0v) is 52.0. The van der Waals surface area contributed by atoms with Crippen LogP contribution in [0, 0.1) is 0 Å². The van der Waals surface area contributed by atoms with Gasteiger partial charge in [0.1, 0.15) is 48.8 Å². The van der Waals surface area contributed by atoms with Gasteiger partial charge in [0, 0.05) is 6.42 Å². The van der Waals surface area contributed by atoms with Crippen LogP contribution in [-0.4, -0.2) is 140 Å². The van der Waals surface area contributed by atoms with Crippen LogP contribution in [0.1, 0.15) is 284 Å². The molecule has 2 saturated heterocycles. The molecule has 2 fully saturated rings. The molecule has 0 bridgehead atoms. The summed E-state index contributed by atoms with van der Waals surface area (Å²) in [5.41, 5.74) is 0. The molecule has 0 aromatic rings. The molecule has 2 rings (SSSR count). The Hall–Kier alpha value is -2.05. The molecule has 0 saturated carbocycles. The smallest absolute Gasteiger partial charge is 0.220 e. The molecule has 0 aromatic heterocycles. The Bertz CT molecular complexity index is 1560. The summed E-state index contributed by atoms with van der Waals surface area (Å²) in [5.74, 6) is -0.255. The molecular weight excluding hydrogens is 1040 g/mol. The first-order valence-corrected chi connectivity index (χ1v) is 33.9. The molecule has 480 valence electrons. The van der Waals surface area contributed by atoms with E-state index >= 15 is 0 Å². The van der Waals surface area contributed by atoms with Crippen LogP contribution in [0.4, 0.5) is 0 Å². The summed E-state index contributed by atoms with van der Waals surface area (Å²) in [4.78, 5) is 13.3. The standard InChI is InChI=1S/C68H125NO13/c1-3-5-7-9-11-13-15-17-19-21-23-24-25-26-27-28-29-30-31-32-33-34-35-37-39-41-43-45-47-49-51-57(72)56(69-60(73)52-50-48-46-44-42-40-38-36-22-20-18-16-14-12-10-8-6-4-2)55-79-67-65(78)63(76)66(59(54-71)81-67)82-68-64(77)62(75)61(74)58(53-70)80-68/h14,16,20,22,41,43,49,51,56-59,61-68,70-72,74-78H,3-13,15,17-19,21,23-40,42,44-48,50,52-55H2,1-2H3,(H,69,73)/b16-14-,22-20-,43-41+,51-49+. The van der Waals surface area contributed by atoms with Crippen LogP contribution in [0.3, 0.4) is 0 Å². The average molecular weight is 1160 g/mol. The third kappa shape index (κ3) is 37.5. The second kappa shape index (κ2) is 53.2. The second-order valence-corrected chi connectivity index (χ2v) is 23.9. The Kier molecular flexibility index (Phi) is 49.3. The highest BCUT2D eigenvalue weighted by Crippen LogP contribution is 2.30. The SMILES string of the molecule is CCCCCC/C=C\C/C=C\CCCCCCCCCC(=O)NC(COC1OC(CO)C(OC2OC(CO)C(O)C(O)C2O)C(O)C1O)C(O)/C=C/CC/C=C/CCCCCCCCCCCCCCCCCCCCCCCCCC. The molecule has 14 nitrogen and oxygen atoms in total. The molecule has 14 heteroatoms. The molecule has 9 N–H and O–H groups in total. The topological polar surface area (TPSA) is 228 Å². The molecule has 0 radical (unpaired) electrons. The molecule has 12 atom stereocenters. The molecule has 82 heavy (non-hydrogen) atoms. The van der Waals surface area contributed by atoms with Crippen molar-refractivity contribution in [1.29, 1.82) is 0 Å². The van der Waals surface area contributed by atoms with Crippen LogP contribution >= 0.6 is 0 Å². The molecular formula is C68H125NO13. The van der Waals surface area contributed by atoms with E-state index in [4.69, 9.17) is 18.9 Å². The summed E-state index contributed by atoms with van der Waals surface area (Å²) in [6.45, 7) is 2.79. The minimum atomic E-state index is -1.79. The van der Waals surface area contributed by atoms with E-state index in [0.717, 1.165) is 51.4 Å². The number of carbonyl (C=O) groups is 1. The van der Waals surface area contributed by atoms with E-state index in [1.807, 2.05) is 6.08 Å². The van der Waals surface area contributed by atoms with Crippen LogP contribution in [0.15, 0.2) is 48.6 Å². The van der Waals surface area contributed by atoms with E-state index in [-0.39, 0.29) is 18.9 Å². The van der Waals surface area contributed by atoms with E-state index in [1.165, 1.54) is 199 Å². The third-order valence-electron chi connectivity index (χ3n) is 16.5. The predicted molar refractivity (Wildman–Crippen MR) is 332 cm³/mol. The van der Waals surface area contributed by atoms with Gasteiger partial charge in [0.2, 0.25) is 5.91 Å². The molecule has 0 spiro atoms. The van der Waals surface area contributed by atoms with Gasteiger partial charge in [-0.25, -0.2) is 0 Å². The fourth-order valence-corrected chi connectivity index (χ4v) is 11.0. The van der Waals surface area contributed by atoms with Crippen molar-refractivity contribution < 1.29 is 64.6 Å². The van der Waals surface area contributed by atoms with E-state index in [1.54, 1.807) is 6.08 Å². The molecule has 1 amide bonds. The van der Waals surface area contributed by atoms with Crippen LogP contribution in [0.5, 0.6) is 0 Å². The van der Waals surface area contributed by atoms with Gasteiger partial charge in [-0.05, 0) is 64.2 Å². The maximum Gasteiger partial charge on any atom is 0.220 e. The predicted octanol–water partition coefficient (Wildman–Crippen LogP) is 13.1. The quantitative estimate of drug-likeness (QED) is 0.0204. The van der Waals surface area contributed by atoms with E-state index in [2.05, 4.69) is 55.6 Å². The lowest BCUT2D eigenvalue weighted by Crippen LogP contribution is -2.65. The Morgan fingerprint density at radius 2 is 0.817 bits per heavy atom. The van der Waals surface area contributed by atoms with Crippen molar-refractivity contribution in [1.82, 2.24) is 5.32 Å². The third-order valence-corrected chi connectivity index (χ3v) is 16.5. The summed E-state index contributed by atoms with van der Waals surface area (Å²) in [6, 6.07) is -0.938. The number of nitrogens with one attached hydrogen (secondary N) is 1. The van der Waals surface area contributed by atoms with E-state index < -0.39 is 86.8 Å². The van der Waals surface area contributed by atoms with Crippen LogP contribution in [-0.2, 0) is 23.7 Å². The van der Waals surface area contributed by atoms with Crippen LogP contribution < -0.4 is 5.32 Å². The number of hydrogen-bond donors (Lipinski definition) is 9. The van der Waals surface area contributed by atoms with Gasteiger partial charge in [0.05, 0.1) is 32.0 Å². The van der Waals surface area contributed by atoms with E-state index in [0.29, 0.717) is 12.8 Å². The van der Waals surface area contributed by atoms with Crippen molar-refractivity contribution >= 4 is 5.91 Å². The number of unbranched alkanes of at least 4 members (excludes halogenated alkanes) is 36. The summed E-state index contributed by atoms with van der Waals surface area (Å²) < 4.78 is 22.8. The largest absolute Gasteiger partial charge is 0.394 e. The highest BCUT2D eigenvalue weighted by Gasteiger charge is 2.51.